The molecule has 56 valence electrons. The standard InChI is InChI=1S/C8H8N2O/c1-3-7-4-8(6(2)11)10-5-9-7/h3-5H,1H2,2H3. The average Bonchev–Trinajstić information content (AvgIpc) is 2.05. The Kier molecular flexibility index (Phi) is 2.11. The maximum absolute atomic E-state index is 10.8. The summed E-state index contributed by atoms with van der Waals surface area (Å²) in [6.45, 7) is 5.00. The van der Waals surface area contributed by atoms with Crippen molar-refractivity contribution in [3.8, 4) is 0 Å². The Labute approximate surface area is 64.8 Å². The second-order valence-corrected chi connectivity index (χ2v) is 2.09. The second kappa shape index (κ2) is 3.05. The van der Waals surface area contributed by atoms with Gasteiger partial charge in [0, 0.05) is 6.92 Å². The molecule has 0 radical (unpaired) electrons. The molecule has 0 spiro atoms. The van der Waals surface area contributed by atoms with Crippen molar-refractivity contribution in [2.24, 2.45) is 0 Å². The van der Waals surface area contributed by atoms with E-state index >= 15 is 0 Å². The van der Waals surface area contributed by atoms with Gasteiger partial charge in [-0.05, 0) is 12.1 Å². The van der Waals surface area contributed by atoms with Crippen molar-refractivity contribution in [1.82, 2.24) is 9.97 Å². The van der Waals surface area contributed by atoms with Crippen LogP contribution in [0.3, 0.4) is 0 Å². The molecule has 3 nitrogen and oxygen atoms in total. The molecule has 0 amide bonds. The zero-order valence-electron chi connectivity index (χ0n) is 6.24. The van der Waals surface area contributed by atoms with Gasteiger partial charge in [0.05, 0.1) is 5.69 Å². The first-order valence-corrected chi connectivity index (χ1v) is 3.19. The Balaban J connectivity index is 3.10. The highest BCUT2D eigenvalue weighted by Gasteiger charge is 1.99. The van der Waals surface area contributed by atoms with Crippen molar-refractivity contribution in [2.75, 3.05) is 0 Å². The van der Waals surface area contributed by atoms with Gasteiger partial charge in [-0.2, -0.15) is 0 Å². The van der Waals surface area contributed by atoms with Gasteiger partial charge in [0.15, 0.2) is 5.78 Å². The molecule has 0 aliphatic carbocycles. The van der Waals surface area contributed by atoms with Gasteiger partial charge < -0.3 is 0 Å². The smallest absolute Gasteiger partial charge is 0.178 e. The quantitative estimate of drug-likeness (QED) is 0.594. The highest BCUT2D eigenvalue weighted by atomic mass is 16.1. The fourth-order valence-corrected chi connectivity index (χ4v) is 0.677. The molecule has 0 fully saturated rings. The zero-order chi connectivity index (χ0) is 8.27. The van der Waals surface area contributed by atoms with Gasteiger partial charge in [0.2, 0.25) is 0 Å². The van der Waals surface area contributed by atoms with Crippen LogP contribution in [0.5, 0.6) is 0 Å². The van der Waals surface area contributed by atoms with Crippen LogP contribution >= 0.6 is 0 Å². The van der Waals surface area contributed by atoms with E-state index in [4.69, 9.17) is 0 Å². The number of Topliss-reactive ketones (excluding diaryl/α,β-unsaturated/α-hetero) is 1. The minimum absolute atomic E-state index is 0.0597. The first-order valence-electron chi connectivity index (χ1n) is 3.19. The molecule has 0 aliphatic heterocycles. The molecule has 3 heteroatoms. The molecule has 0 bridgehead atoms. The lowest BCUT2D eigenvalue weighted by atomic mass is 10.2. The summed E-state index contributed by atoms with van der Waals surface area (Å²) in [6, 6.07) is 1.61. The first-order chi connectivity index (χ1) is 5.24. The number of carbonyl (C=O) groups excluding carboxylic acids is 1. The number of hydrogen-bond acceptors (Lipinski definition) is 3. The van der Waals surface area contributed by atoms with Gasteiger partial charge in [-0.3, -0.25) is 4.79 Å². The van der Waals surface area contributed by atoms with Gasteiger partial charge in [-0.15, -0.1) is 0 Å². The normalized spacial score (nSPS) is 9.18. The molecule has 11 heavy (non-hydrogen) atoms. The number of hydrogen-bond donors (Lipinski definition) is 0. The van der Waals surface area contributed by atoms with E-state index in [0.717, 1.165) is 0 Å². The van der Waals surface area contributed by atoms with E-state index < -0.39 is 0 Å². The minimum atomic E-state index is -0.0597. The molecular formula is C8H8N2O. The molecule has 0 aromatic carbocycles. The SMILES string of the molecule is C=Cc1cc(C(C)=O)ncn1. The van der Waals surface area contributed by atoms with Crippen LogP contribution in [-0.4, -0.2) is 15.8 Å². The highest BCUT2D eigenvalue weighted by Crippen LogP contribution is 1.99. The maximum atomic E-state index is 10.8. The van der Waals surface area contributed by atoms with Crippen LogP contribution in [0, 0.1) is 0 Å². The van der Waals surface area contributed by atoms with E-state index in [-0.39, 0.29) is 5.78 Å². The summed E-state index contributed by atoms with van der Waals surface area (Å²) >= 11 is 0. The van der Waals surface area contributed by atoms with Crippen LogP contribution in [-0.2, 0) is 0 Å². The molecule has 0 atom stereocenters. The van der Waals surface area contributed by atoms with E-state index in [1.807, 2.05) is 0 Å². The van der Waals surface area contributed by atoms with E-state index in [2.05, 4.69) is 16.5 Å². The third kappa shape index (κ3) is 1.70. The van der Waals surface area contributed by atoms with Crippen LogP contribution in [0.1, 0.15) is 23.1 Å². The number of carbonyl (C=O) groups is 1. The van der Waals surface area contributed by atoms with Crippen molar-refractivity contribution in [3.05, 3.63) is 30.4 Å². The lowest BCUT2D eigenvalue weighted by Crippen LogP contribution is -1.97. The van der Waals surface area contributed by atoms with Crippen molar-refractivity contribution in [1.29, 1.82) is 0 Å². The molecule has 1 heterocycles. The fourth-order valence-electron chi connectivity index (χ4n) is 0.677. The topological polar surface area (TPSA) is 42.9 Å². The van der Waals surface area contributed by atoms with E-state index in [9.17, 15) is 4.79 Å². The van der Waals surface area contributed by atoms with Gasteiger partial charge in [-0.25, -0.2) is 9.97 Å². The molecule has 0 unspecified atom stereocenters. The summed E-state index contributed by atoms with van der Waals surface area (Å²) in [5.74, 6) is -0.0597. The van der Waals surface area contributed by atoms with Gasteiger partial charge >= 0.3 is 0 Å². The molecule has 0 saturated heterocycles. The molecule has 0 aliphatic rings. The third-order valence-electron chi connectivity index (χ3n) is 1.26. The molecule has 0 saturated carbocycles. The molecule has 1 aromatic heterocycles. The van der Waals surface area contributed by atoms with Crippen molar-refractivity contribution < 1.29 is 4.79 Å². The van der Waals surface area contributed by atoms with E-state index in [0.29, 0.717) is 11.4 Å². The largest absolute Gasteiger partial charge is 0.293 e. The van der Waals surface area contributed by atoms with Crippen LogP contribution in [0.25, 0.3) is 6.08 Å². The summed E-state index contributed by atoms with van der Waals surface area (Å²) in [6.07, 6.45) is 2.93. The summed E-state index contributed by atoms with van der Waals surface area (Å²) in [7, 11) is 0. The van der Waals surface area contributed by atoms with Crippen LogP contribution < -0.4 is 0 Å². The summed E-state index contributed by atoms with van der Waals surface area (Å²) in [5.41, 5.74) is 1.10. The Morgan fingerprint density at radius 3 is 2.91 bits per heavy atom. The third-order valence-corrected chi connectivity index (χ3v) is 1.26. The molecular weight excluding hydrogens is 140 g/mol. The monoisotopic (exact) mass is 148 g/mol. The van der Waals surface area contributed by atoms with Crippen molar-refractivity contribution >= 4 is 11.9 Å². The van der Waals surface area contributed by atoms with Crippen molar-refractivity contribution in [2.45, 2.75) is 6.92 Å². The number of aromatic nitrogens is 2. The number of nitrogens with zero attached hydrogens (tertiary/aromatic N) is 2. The number of ketones is 1. The Hall–Kier alpha value is -1.51. The average molecular weight is 148 g/mol. The predicted molar refractivity (Wildman–Crippen MR) is 42.1 cm³/mol. The van der Waals surface area contributed by atoms with Crippen LogP contribution in [0.15, 0.2) is 19.0 Å². The fraction of sp³-hybridized carbons (Fsp3) is 0.125. The van der Waals surface area contributed by atoms with E-state index in [1.54, 1.807) is 12.1 Å². The minimum Gasteiger partial charge on any atom is -0.293 e. The highest BCUT2D eigenvalue weighted by molar-refractivity contribution is 5.92. The molecule has 1 rings (SSSR count). The molecule has 1 aromatic rings. The summed E-state index contributed by atoms with van der Waals surface area (Å²) < 4.78 is 0. The van der Waals surface area contributed by atoms with Crippen molar-refractivity contribution in [3.63, 3.8) is 0 Å². The number of rotatable bonds is 2. The summed E-state index contributed by atoms with van der Waals surface area (Å²) in [5, 5.41) is 0. The Morgan fingerprint density at radius 1 is 1.64 bits per heavy atom. The lowest BCUT2D eigenvalue weighted by molar-refractivity contribution is 0.101. The van der Waals surface area contributed by atoms with Gasteiger partial charge in [0.1, 0.15) is 12.0 Å². The van der Waals surface area contributed by atoms with Crippen LogP contribution in [0.4, 0.5) is 0 Å². The Bertz CT molecular complexity index is 294. The van der Waals surface area contributed by atoms with Crippen LogP contribution in [0.2, 0.25) is 0 Å². The predicted octanol–water partition coefficient (Wildman–Crippen LogP) is 1.32. The Morgan fingerprint density at radius 2 is 2.36 bits per heavy atom. The lowest BCUT2D eigenvalue weighted by Gasteiger charge is -1.93. The maximum Gasteiger partial charge on any atom is 0.178 e. The molecule has 0 N–H and O–H groups in total. The summed E-state index contributed by atoms with van der Waals surface area (Å²) in [4.78, 5) is 18.4. The van der Waals surface area contributed by atoms with Gasteiger partial charge in [0.25, 0.3) is 0 Å². The second-order valence-electron chi connectivity index (χ2n) is 2.09. The first kappa shape index (κ1) is 7.60. The van der Waals surface area contributed by atoms with Gasteiger partial charge in [-0.1, -0.05) is 6.58 Å². The zero-order valence-corrected chi connectivity index (χ0v) is 6.24. The van der Waals surface area contributed by atoms with E-state index in [1.165, 1.54) is 13.3 Å².